The molecule has 4 N–H and O–H groups in total. The predicted octanol–water partition coefficient (Wildman–Crippen LogP) is 1.93. The average Bonchev–Trinajstić information content (AvgIpc) is 3.02. The molecule has 0 aliphatic heterocycles. The lowest BCUT2D eigenvalue weighted by Crippen LogP contribution is -2.30. The Bertz CT molecular complexity index is 1110. The number of esters is 1. The van der Waals surface area contributed by atoms with Crippen molar-refractivity contribution in [2.24, 2.45) is 0 Å². The number of aromatic amines is 2. The summed E-state index contributed by atoms with van der Waals surface area (Å²) in [4.78, 5) is 51.9. The SMILES string of the molecule is CC(=O)Nc1ccc(CC(=O)O[C@H](C)C(=O)Nc2ccc3[nH]c(=O)[nH]c3c2)cc1. The zero-order valence-electron chi connectivity index (χ0n) is 15.9. The lowest BCUT2D eigenvalue weighted by molar-refractivity contribution is -0.152. The Morgan fingerprint density at radius 2 is 1.62 bits per heavy atom. The van der Waals surface area contributed by atoms with E-state index in [4.69, 9.17) is 4.74 Å². The van der Waals surface area contributed by atoms with Gasteiger partial charge in [-0.05, 0) is 42.8 Å². The molecule has 0 aliphatic rings. The maximum Gasteiger partial charge on any atom is 0.323 e. The van der Waals surface area contributed by atoms with Crippen molar-refractivity contribution in [1.29, 1.82) is 0 Å². The van der Waals surface area contributed by atoms with E-state index in [-0.39, 0.29) is 18.0 Å². The molecule has 0 unspecified atom stereocenters. The van der Waals surface area contributed by atoms with Gasteiger partial charge in [0, 0.05) is 18.3 Å². The van der Waals surface area contributed by atoms with Crippen LogP contribution in [0, 0.1) is 0 Å². The summed E-state index contributed by atoms with van der Waals surface area (Å²) >= 11 is 0. The fraction of sp³-hybridized carbons (Fsp3) is 0.200. The number of anilines is 2. The second kappa shape index (κ2) is 8.42. The summed E-state index contributed by atoms with van der Waals surface area (Å²) < 4.78 is 5.19. The maximum absolute atomic E-state index is 12.3. The van der Waals surface area contributed by atoms with Gasteiger partial charge in [-0.1, -0.05) is 12.1 Å². The summed E-state index contributed by atoms with van der Waals surface area (Å²) in [6.07, 6.45) is -1.00. The van der Waals surface area contributed by atoms with Gasteiger partial charge in [0.2, 0.25) is 5.91 Å². The zero-order valence-corrected chi connectivity index (χ0v) is 15.9. The van der Waals surface area contributed by atoms with Crippen LogP contribution >= 0.6 is 0 Å². The van der Waals surface area contributed by atoms with Crippen molar-refractivity contribution in [1.82, 2.24) is 9.97 Å². The molecule has 0 radical (unpaired) electrons. The Balaban J connectivity index is 1.54. The van der Waals surface area contributed by atoms with E-state index in [2.05, 4.69) is 20.6 Å². The minimum Gasteiger partial charge on any atom is -0.452 e. The topological polar surface area (TPSA) is 133 Å². The van der Waals surface area contributed by atoms with Gasteiger partial charge in [-0.3, -0.25) is 14.4 Å². The molecule has 2 amide bonds. The molecule has 1 heterocycles. The zero-order chi connectivity index (χ0) is 21.0. The van der Waals surface area contributed by atoms with Crippen LogP contribution in [-0.4, -0.2) is 33.9 Å². The maximum atomic E-state index is 12.3. The molecule has 150 valence electrons. The fourth-order valence-corrected chi connectivity index (χ4v) is 2.72. The monoisotopic (exact) mass is 396 g/mol. The van der Waals surface area contributed by atoms with Crippen LogP contribution in [0.25, 0.3) is 11.0 Å². The summed E-state index contributed by atoms with van der Waals surface area (Å²) in [7, 11) is 0. The molecule has 1 aromatic heterocycles. The summed E-state index contributed by atoms with van der Waals surface area (Å²) in [5.74, 6) is -1.22. The van der Waals surface area contributed by atoms with E-state index in [1.807, 2.05) is 0 Å². The second-order valence-corrected chi connectivity index (χ2v) is 6.52. The quantitative estimate of drug-likeness (QED) is 0.473. The van der Waals surface area contributed by atoms with Gasteiger partial charge in [0.1, 0.15) is 0 Å². The van der Waals surface area contributed by atoms with Gasteiger partial charge < -0.3 is 25.3 Å². The van der Waals surface area contributed by atoms with Crippen molar-refractivity contribution < 1.29 is 19.1 Å². The lowest BCUT2D eigenvalue weighted by Gasteiger charge is -2.14. The van der Waals surface area contributed by atoms with Crippen molar-refractivity contribution in [2.45, 2.75) is 26.4 Å². The van der Waals surface area contributed by atoms with Crippen LogP contribution in [-0.2, 0) is 25.5 Å². The number of H-pyrrole nitrogens is 2. The largest absolute Gasteiger partial charge is 0.452 e. The third kappa shape index (κ3) is 5.32. The van der Waals surface area contributed by atoms with Crippen LogP contribution < -0.4 is 16.3 Å². The number of fused-ring (bicyclic) bond motifs is 1. The number of nitrogens with one attached hydrogen (secondary N) is 4. The third-order valence-electron chi connectivity index (χ3n) is 4.08. The Hall–Kier alpha value is -3.88. The molecule has 1 atom stereocenters. The van der Waals surface area contributed by atoms with Gasteiger partial charge >= 0.3 is 11.7 Å². The second-order valence-electron chi connectivity index (χ2n) is 6.52. The van der Waals surface area contributed by atoms with E-state index < -0.39 is 18.0 Å². The molecule has 3 rings (SSSR count). The molecule has 0 bridgehead atoms. The van der Waals surface area contributed by atoms with E-state index in [1.54, 1.807) is 42.5 Å². The highest BCUT2D eigenvalue weighted by Gasteiger charge is 2.18. The number of amides is 2. The minimum absolute atomic E-state index is 0.00544. The van der Waals surface area contributed by atoms with E-state index in [9.17, 15) is 19.2 Å². The first kappa shape index (κ1) is 19.9. The molecular formula is C20H20N4O5. The number of hydrogen-bond donors (Lipinski definition) is 4. The highest BCUT2D eigenvalue weighted by Crippen LogP contribution is 2.15. The molecule has 0 spiro atoms. The van der Waals surface area contributed by atoms with Crippen LogP contribution in [0.5, 0.6) is 0 Å². The first-order valence-electron chi connectivity index (χ1n) is 8.89. The van der Waals surface area contributed by atoms with Crippen LogP contribution in [0.1, 0.15) is 19.4 Å². The van der Waals surface area contributed by atoms with Crippen molar-refractivity contribution in [3.05, 3.63) is 58.5 Å². The molecule has 0 saturated heterocycles. The highest BCUT2D eigenvalue weighted by atomic mass is 16.5. The van der Waals surface area contributed by atoms with Gasteiger partial charge in [0.15, 0.2) is 6.10 Å². The standard InChI is InChI=1S/C20H20N4O5/c1-11(19(27)22-15-7-8-16-17(10-15)24-20(28)23-16)29-18(26)9-13-3-5-14(6-4-13)21-12(2)25/h3-8,10-11H,9H2,1-2H3,(H,21,25)(H,22,27)(H2,23,24,28)/t11-/m1/s1. The van der Waals surface area contributed by atoms with E-state index in [0.717, 1.165) is 0 Å². The fourth-order valence-electron chi connectivity index (χ4n) is 2.72. The Labute approximate surface area is 165 Å². The predicted molar refractivity (Wildman–Crippen MR) is 108 cm³/mol. The smallest absolute Gasteiger partial charge is 0.323 e. The third-order valence-corrected chi connectivity index (χ3v) is 4.08. The van der Waals surface area contributed by atoms with Gasteiger partial charge in [-0.2, -0.15) is 0 Å². The molecule has 9 nitrogen and oxygen atoms in total. The summed E-state index contributed by atoms with van der Waals surface area (Å²) in [6.45, 7) is 2.89. The number of imidazole rings is 1. The Morgan fingerprint density at radius 3 is 2.31 bits per heavy atom. The summed E-state index contributed by atoms with van der Waals surface area (Å²) in [5, 5.41) is 5.28. The number of rotatable bonds is 6. The molecule has 2 aromatic carbocycles. The number of aromatic nitrogens is 2. The van der Waals surface area contributed by atoms with E-state index >= 15 is 0 Å². The number of carbonyl (C=O) groups is 3. The molecule has 29 heavy (non-hydrogen) atoms. The average molecular weight is 396 g/mol. The molecular weight excluding hydrogens is 376 g/mol. The van der Waals surface area contributed by atoms with Crippen molar-refractivity contribution >= 4 is 40.2 Å². The molecule has 0 fully saturated rings. The van der Waals surface area contributed by atoms with Crippen molar-refractivity contribution in [3.8, 4) is 0 Å². The van der Waals surface area contributed by atoms with Gasteiger partial charge in [0.05, 0.1) is 17.5 Å². The number of ether oxygens (including phenoxy) is 1. The van der Waals surface area contributed by atoms with Gasteiger partial charge in [0.25, 0.3) is 5.91 Å². The van der Waals surface area contributed by atoms with Crippen LogP contribution in [0.15, 0.2) is 47.3 Å². The first-order valence-corrected chi connectivity index (χ1v) is 8.89. The first-order chi connectivity index (χ1) is 13.8. The lowest BCUT2D eigenvalue weighted by atomic mass is 10.1. The molecule has 9 heteroatoms. The summed E-state index contributed by atoms with van der Waals surface area (Å²) in [5.41, 5.74) is 2.63. The number of benzene rings is 2. The van der Waals surface area contributed by atoms with Crippen LogP contribution in [0.3, 0.4) is 0 Å². The van der Waals surface area contributed by atoms with Gasteiger partial charge in [-0.15, -0.1) is 0 Å². The van der Waals surface area contributed by atoms with Crippen molar-refractivity contribution in [2.75, 3.05) is 10.6 Å². The van der Waals surface area contributed by atoms with E-state index in [1.165, 1.54) is 13.8 Å². The molecule has 0 saturated carbocycles. The highest BCUT2D eigenvalue weighted by molar-refractivity contribution is 5.96. The summed E-state index contributed by atoms with van der Waals surface area (Å²) in [6, 6.07) is 11.7. The Morgan fingerprint density at radius 1 is 0.966 bits per heavy atom. The Kier molecular flexibility index (Phi) is 5.77. The van der Waals surface area contributed by atoms with Crippen LogP contribution in [0.2, 0.25) is 0 Å². The van der Waals surface area contributed by atoms with Crippen molar-refractivity contribution in [3.63, 3.8) is 0 Å². The normalized spacial score (nSPS) is 11.7. The molecule has 3 aromatic rings. The number of carbonyl (C=O) groups excluding carboxylic acids is 3. The van der Waals surface area contributed by atoms with Crippen LogP contribution in [0.4, 0.5) is 11.4 Å². The van der Waals surface area contributed by atoms with Gasteiger partial charge in [-0.25, -0.2) is 4.79 Å². The molecule has 0 aliphatic carbocycles. The minimum atomic E-state index is -0.998. The number of hydrogen-bond acceptors (Lipinski definition) is 5. The van der Waals surface area contributed by atoms with E-state index in [0.29, 0.717) is 28.0 Å².